The van der Waals surface area contributed by atoms with Crippen molar-refractivity contribution in [2.45, 2.75) is 29.0 Å². The first-order valence-electron chi connectivity index (χ1n) is 11.7. The van der Waals surface area contributed by atoms with E-state index in [2.05, 4.69) is 10.6 Å². The van der Waals surface area contributed by atoms with Gasteiger partial charge in [0.15, 0.2) is 15.6 Å². The molecule has 2 fully saturated rings. The van der Waals surface area contributed by atoms with Gasteiger partial charge in [-0.2, -0.15) is 0 Å². The lowest BCUT2D eigenvalue weighted by atomic mass is 9.81. The third kappa shape index (κ3) is 3.28. The second-order valence-electron chi connectivity index (χ2n) is 9.02. The van der Waals surface area contributed by atoms with Crippen LogP contribution >= 0.6 is 34.8 Å². The minimum Gasteiger partial charge on any atom is -0.307 e. The SMILES string of the molecule is ClC(Cl)Cl.O=C1N[C@]2(c3ccccc3)NC(=O)N3Cn4c5ccccc5c(=O)n4CN1[C@@]32c1ccccc1. The van der Waals surface area contributed by atoms with Crippen LogP contribution in [0.25, 0.3) is 10.9 Å². The fraction of sp³-hybridized carbons (Fsp3) is 0.192. The van der Waals surface area contributed by atoms with Crippen LogP contribution in [0.4, 0.5) is 9.59 Å². The molecule has 0 aliphatic carbocycles. The Morgan fingerprint density at radius 3 is 1.71 bits per heavy atom. The van der Waals surface area contributed by atoms with Crippen molar-refractivity contribution in [1.29, 1.82) is 0 Å². The molecule has 0 bridgehead atoms. The molecule has 38 heavy (non-hydrogen) atoms. The maximum Gasteiger partial charge on any atom is 0.323 e. The number of carbonyl (C=O) groups excluding carboxylic acids is 2. The smallest absolute Gasteiger partial charge is 0.307 e. The standard InChI is InChI=1S/C25H20N6O3.CHCl3/c32-21-19-13-7-8-14-20(19)30-15-28-22(33)26-24(17-9-3-1-4-10-17)25(28,18-11-5-2-6-12-18)29(16-31(21)30)23(34)27-24;2-1(3)4/h1-14H,15-16H2,(H,26,33)(H,27,34);1H/t24-,25+;/m0./s1. The van der Waals surface area contributed by atoms with Crippen molar-refractivity contribution in [2.75, 3.05) is 0 Å². The Morgan fingerprint density at radius 2 is 1.13 bits per heavy atom. The second kappa shape index (κ2) is 8.97. The first-order chi connectivity index (χ1) is 18.3. The van der Waals surface area contributed by atoms with Gasteiger partial charge in [-0.3, -0.25) is 19.3 Å². The van der Waals surface area contributed by atoms with E-state index < -0.39 is 15.6 Å². The number of nitrogens with one attached hydrogen (secondary N) is 2. The second-order valence-corrected chi connectivity index (χ2v) is 11.0. The molecule has 2 saturated heterocycles. The van der Waals surface area contributed by atoms with Gasteiger partial charge in [0.2, 0.25) is 0 Å². The number of aromatic nitrogens is 2. The Morgan fingerprint density at radius 1 is 0.658 bits per heavy atom. The third-order valence-electron chi connectivity index (χ3n) is 7.26. The van der Waals surface area contributed by atoms with E-state index in [-0.39, 0.29) is 31.0 Å². The van der Waals surface area contributed by atoms with Crippen LogP contribution in [0, 0.1) is 0 Å². The van der Waals surface area contributed by atoms with E-state index in [1.165, 1.54) is 0 Å². The number of hydrogen-bond acceptors (Lipinski definition) is 3. The minimum absolute atomic E-state index is 0.0196. The van der Waals surface area contributed by atoms with Crippen molar-refractivity contribution >= 4 is 57.8 Å². The van der Waals surface area contributed by atoms with Crippen LogP contribution in [-0.4, -0.2) is 35.5 Å². The Balaban J connectivity index is 0.000000620. The summed E-state index contributed by atoms with van der Waals surface area (Å²) in [6.45, 7) is 0.0673. The van der Waals surface area contributed by atoms with Gasteiger partial charge in [0.1, 0.15) is 13.3 Å². The van der Waals surface area contributed by atoms with Crippen LogP contribution in [0.1, 0.15) is 11.1 Å². The lowest BCUT2D eigenvalue weighted by Gasteiger charge is -2.45. The van der Waals surface area contributed by atoms with E-state index >= 15 is 0 Å². The molecule has 9 nitrogen and oxygen atoms in total. The first-order valence-corrected chi connectivity index (χ1v) is 13.0. The van der Waals surface area contributed by atoms with Crippen LogP contribution in [0.2, 0.25) is 0 Å². The zero-order chi connectivity index (χ0) is 26.7. The number of nitrogens with zero attached hydrogens (tertiary/aromatic N) is 4. The van der Waals surface area contributed by atoms with Gasteiger partial charge < -0.3 is 10.6 Å². The molecule has 1 aromatic heterocycles. The number of benzene rings is 3. The normalized spacial score (nSPS) is 23.4. The van der Waals surface area contributed by atoms with Crippen LogP contribution in [0.5, 0.6) is 0 Å². The van der Waals surface area contributed by atoms with E-state index in [1.807, 2.05) is 78.9 Å². The Bertz CT molecular complexity index is 1610. The average molecular weight is 572 g/mol. The molecule has 2 N–H and O–H groups in total. The number of halogens is 3. The van der Waals surface area contributed by atoms with Crippen molar-refractivity contribution in [3.05, 3.63) is 106 Å². The first kappa shape index (κ1) is 24.7. The summed E-state index contributed by atoms with van der Waals surface area (Å²) in [7, 11) is 0. The number of urea groups is 2. The van der Waals surface area contributed by atoms with Crippen molar-refractivity contribution in [1.82, 2.24) is 29.8 Å². The number of fused-ring (bicyclic) bond motifs is 3. The zero-order valence-corrected chi connectivity index (χ0v) is 22.0. The quantitative estimate of drug-likeness (QED) is 0.348. The van der Waals surface area contributed by atoms with E-state index in [9.17, 15) is 14.4 Å². The number of rotatable bonds is 2. The predicted molar refractivity (Wildman–Crippen MR) is 145 cm³/mol. The van der Waals surface area contributed by atoms with Gasteiger partial charge in [0.25, 0.3) is 5.56 Å². The summed E-state index contributed by atoms with van der Waals surface area (Å²) >= 11 is 14.4. The summed E-state index contributed by atoms with van der Waals surface area (Å²) in [4.78, 5) is 44.0. The van der Waals surface area contributed by atoms with Gasteiger partial charge in [0.05, 0.1) is 10.9 Å². The van der Waals surface area contributed by atoms with Gasteiger partial charge in [-0.25, -0.2) is 14.3 Å². The number of hydrogen-bond donors (Lipinski definition) is 2. The molecule has 4 heterocycles. The molecular formula is C26H21Cl3N6O3. The zero-order valence-electron chi connectivity index (χ0n) is 19.7. The van der Waals surface area contributed by atoms with Crippen LogP contribution in [0.3, 0.4) is 0 Å². The van der Waals surface area contributed by atoms with E-state index in [0.717, 1.165) is 11.1 Å². The molecule has 0 unspecified atom stereocenters. The summed E-state index contributed by atoms with van der Waals surface area (Å²) < 4.78 is 2.58. The number of para-hydroxylation sites is 1. The number of alkyl halides is 3. The summed E-state index contributed by atoms with van der Waals surface area (Å²) in [5.74, 6) is 0. The largest absolute Gasteiger partial charge is 0.323 e. The van der Waals surface area contributed by atoms with Crippen LogP contribution in [-0.2, 0) is 24.7 Å². The van der Waals surface area contributed by atoms with Gasteiger partial charge in [-0.15, -0.1) is 0 Å². The third-order valence-corrected chi connectivity index (χ3v) is 7.26. The molecule has 0 radical (unpaired) electrons. The van der Waals surface area contributed by atoms with Crippen molar-refractivity contribution < 1.29 is 9.59 Å². The molecule has 2 atom stereocenters. The average Bonchev–Trinajstić information content (AvgIpc) is 3.35. The summed E-state index contributed by atoms with van der Waals surface area (Å²) in [6, 6.07) is 25.5. The molecule has 3 aliphatic rings. The van der Waals surface area contributed by atoms with Crippen molar-refractivity contribution in [3.63, 3.8) is 0 Å². The molecule has 7 rings (SSSR count). The molecular weight excluding hydrogens is 551 g/mol. The molecule has 194 valence electrons. The van der Waals surface area contributed by atoms with Gasteiger partial charge in [-0.05, 0) is 12.1 Å². The van der Waals surface area contributed by atoms with E-state index in [4.69, 9.17) is 34.8 Å². The van der Waals surface area contributed by atoms with Crippen molar-refractivity contribution in [2.24, 2.45) is 0 Å². The summed E-state index contributed by atoms with van der Waals surface area (Å²) in [5, 5.41) is 6.74. The maximum atomic E-state index is 13.7. The molecule has 0 saturated carbocycles. The molecule has 3 aromatic carbocycles. The monoisotopic (exact) mass is 570 g/mol. The molecule has 4 amide bonds. The molecule has 4 aromatic rings. The lowest BCUT2D eigenvalue weighted by molar-refractivity contribution is -0.0241. The van der Waals surface area contributed by atoms with Crippen molar-refractivity contribution in [3.8, 4) is 0 Å². The van der Waals surface area contributed by atoms with E-state index in [1.54, 1.807) is 25.2 Å². The molecule has 12 heteroatoms. The summed E-state index contributed by atoms with van der Waals surface area (Å²) in [5.41, 5.74) is -0.489. The highest BCUT2D eigenvalue weighted by molar-refractivity contribution is 6.63. The Labute approximate surface area is 232 Å². The Hall–Kier alpha value is -3.66. The van der Waals surface area contributed by atoms with Crippen LogP contribution in [0.15, 0.2) is 89.7 Å². The van der Waals surface area contributed by atoms with Crippen LogP contribution < -0.4 is 16.2 Å². The highest BCUT2D eigenvalue weighted by Crippen LogP contribution is 2.54. The number of amides is 4. The number of carbonyl (C=O) groups is 2. The molecule has 0 spiro atoms. The highest BCUT2D eigenvalue weighted by atomic mass is 35.6. The van der Waals surface area contributed by atoms with Gasteiger partial charge in [-0.1, -0.05) is 108 Å². The summed E-state index contributed by atoms with van der Waals surface area (Å²) in [6.07, 6.45) is 0. The van der Waals surface area contributed by atoms with Gasteiger partial charge in [0, 0.05) is 11.1 Å². The fourth-order valence-electron chi connectivity index (χ4n) is 5.89. The minimum atomic E-state index is -1.26. The van der Waals surface area contributed by atoms with Gasteiger partial charge >= 0.3 is 12.1 Å². The van der Waals surface area contributed by atoms with E-state index in [0.29, 0.717) is 10.9 Å². The highest BCUT2D eigenvalue weighted by Gasteiger charge is 2.74. The Kier molecular flexibility index (Phi) is 5.82. The molecule has 3 aliphatic heterocycles. The predicted octanol–water partition coefficient (Wildman–Crippen LogP) is 4.47. The lowest BCUT2D eigenvalue weighted by Crippen LogP contribution is -2.62. The fourth-order valence-corrected chi connectivity index (χ4v) is 5.89. The maximum absolute atomic E-state index is 13.7. The topological polar surface area (TPSA) is 91.6 Å².